The van der Waals surface area contributed by atoms with Gasteiger partial charge >= 0.3 is 5.97 Å². The van der Waals surface area contributed by atoms with Crippen LogP contribution in [0.2, 0.25) is 0 Å². The molecule has 88 valence electrons. The van der Waals surface area contributed by atoms with Crippen molar-refractivity contribution in [3.8, 4) is 0 Å². The van der Waals surface area contributed by atoms with Crippen LogP contribution in [0.15, 0.2) is 16.5 Å². The Balaban J connectivity index is 2.23. The van der Waals surface area contributed by atoms with Crippen LogP contribution < -0.4 is 0 Å². The zero-order valence-corrected chi connectivity index (χ0v) is 8.97. The molecule has 0 aromatic carbocycles. The minimum atomic E-state index is -1.05. The first-order chi connectivity index (χ1) is 7.58. The Morgan fingerprint density at radius 2 is 2.31 bits per heavy atom. The molecule has 2 N–H and O–H groups in total. The van der Waals surface area contributed by atoms with Crippen molar-refractivity contribution in [3.63, 3.8) is 0 Å². The summed E-state index contributed by atoms with van der Waals surface area (Å²) in [4.78, 5) is 11.2. The summed E-state index contributed by atoms with van der Waals surface area (Å²) in [5.74, 6) is 0.0491. The fraction of sp³-hybridized carbons (Fsp3) is 0.545. The number of carbonyl (C=O) groups is 1. The largest absolute Gasteiger partial charge is 0.480 e. The van der Waals surface area contributed by atoms with Gasteiger partial charge in [0, 0.05) is 7.11 Å². The number of furan rings is 1. The van der Waals surface area contributed by atoms with Gasteiger partial charge in [-0.25, -0.2) is 0 Å². The lowest BCUT2D eigenvalue weighted by Crippen LogP contribution is -2.50. The first-order valence-electron chi connectivity index (χ1n) is 5.08. The fourth-order valence-electron chi connectivity index (χ4n) is 2.08. The van der Waals surface area contributed by atoms with Crippen molar-refractivity contribution in [1.29, 1.82) is 0 Å². The molecule has 1 aromatic heterocycles. The molecule has 0 unspecified atom stereocenters. The summed E-state index contributed by atoms with van der Waals surface area (Å²) >= 11 is 0. The first-order valence-corrected chi connectivity index (χ1v) is 5.08. The average Bonchev–Trinajstić information content (AvgIpc) is 2.61. The van der Waals surface area contributed by atoms with E-state index >= 15 is 0 Å². The summed E-state index contributed by atoms with van der Waals surface area (Å²) in [6.45, 7) is 0.318. The molecule has 16 heavy (non-hydrogen) atoms. The third-order valence-electron chi connectivity index (χ3n) is 3.00. The Hall–Kier alpha value is -1.33. The van der Waals surface area contributed by atoms with Crippen LogP contribution in [0.25, 0.3) is 0 Å². The molecule has 1 fully saturated rings. The Morgan fingerprint density at radius 3 is 2.81 bits per heavy atom. The minimum Gasteiger partial charge on any atom is -0.480 e. The lowest BCUT2D eigenvalue weighted by Gasteiger charge is -2.39. The molecule has 0 spiro atoms. The second kappa shape index (κ2) is 3.92. The van der Waals surface area contributed by atoms with E-state index in [0.717, 1.165) is 0 Å². The Labute approximate surface area is 92.6 Å². The quantitative estimate of drug-likeness (QED) is 0.797. The van der Waals surface area contributed by atoms with Crippen LogP contribution in [-0.4, -0.2) is 29.4 Å². The van der Waals surface area contributed by atoms with Crippen molar-refractivity contribution >= 4 is 5.97 Å². The van der Waals surface area contributed by atoms with Crippen molar-refractivity contribution < 1.29 is 24.2 Å². The third kappa shape index (κ3) is 1.62. The van der Waals surface area contributed by atoms with E-state index in [1.165, 1.54) is 0 Å². The van der Waals surface area contributed by atoms with Crippen LogP contribution in [0.1, 0.15) is 24.4 Å². The second-order valence-electron chi connectivity index (χ2n) is 4.15. The predicted octanol–water partition coefficient (Wildman–Crippen LogP) is 0.903. The van der Waals surface area contributed by atoms with Gasteiger partial charge in [0.1, 0.15) is 23.5 Å². The summed E-state index contributed by atoms with van der Waals surface area (Å²) in [5.41, 5.74) is -1.05. The molecule has 2 rings (SSSR count). The SMILES string of the molecule is COCc1ccc(C2(C(=O)O)CC(O)C2)o1. The van der Waals surface area contributed by atoms with Crippen LogP contribution in [-0.2, 0) is 21.6 Å². The molecule has 0 amide bonds. The molecule has 0 atom stereocenters. The van der Waals surface area contributed by atoms with Crippen molar-refractivity contribution in [2.45, 2.75) is 31.0 Å². The van der Waals surface area contributed by atoms with E-state index in [0.29, 0.717) is 18.1 Å². The molecule has 1 aliphatic rings. The molecular weight excluding hydrogens is 212 g/mol. The minimum absolute atomic E-state index is 0.211. The van der Waals surface area contributed by atoms with Crippen LogP contribution in [0, 0.1) is 0 Å². The maximum Gasteiger partial charge on any atom is 0.317 e. The smallest absolute Gasteiger partial charge is 0.317 e. The van der Waals surface area contributed by atoms with Gasteiger partial charge in [0.2, 0.25) is 0 Å². The third-order valence-corrected chi connectivity index (χ3v) is 3.00. The summed E-state index contributed by atoms with van der Waals surface area (Å²) in [5, 5.41) is 18.5. The number of rotatable bonds is 4. The molecular formula is C11H14O5. The standard InChI is InChI=1S/C11H14O5/c1-15-6-8-2-3-9(16-8)11(10(13)14)4-7(12)5-11/h2-3,7,12H,4-6H2,1H3,(H,13,14). The highest BCUT2D eigenvalue weighted by Gasteiger charge is 2.53. The van der Waals surface area contributed by atoms with Gasteiger partial charge in [-0.15, -0.1) is 0 Å². The number of hydrogen-bond donors (Lipinski definition) is 2. The average molecular weight is 226 g/mol. The van der Waals surface area contributed by atoms with E-state index in [4.69, 9.17) is 9.15 Å². The first kappa shape index (κ1) is 11.2. The fourth-order valence-corrected chi connectivity index (χ4v) is 2.08. The van der Waals surface area contributed by atoms with Crippen LogP contribution in [0.5, 0.6) is 0 Å². The molecule has 1 aromatic rings. The summed E-state index contributed by atoms with van der Waals surface area (Å²) in [6.07, 6.45) is -0.128. The van der Waals surface area contributed by atoms with E-state index in [9.17, 15) is 15.0 Å². The maximum absolute atomic E-state index is 11.2. The van der Waals surface area contributed by atoms with Crippen LogP contribution in [0.4, 0.5) is 0 Å². The number of aliphatic hydroxyl groups is 1. The molecule has 5 nitrogen and oxygen atoms in total. The van der Waals surface area contributed by atoms with Crippen molar-refractivity contribution in [2.75, 3.05) is 7.11 Å². The van der Waals surface area contributed by atoms with Gasteiger partial charge in [-0.2, -0.15) is 0 Å². The highest BCUT2D eigenvalue weighted by atomic mass is 16.5. The molecule has 1 saturated carbocycles. The Morgan fingerprint density at radius 1 is 1.62 bits per heavy atom. The summed E-state index contributed by atoms with van der Waals surface area (Å²) in [6, 6.07) is 3.35. The maximum atomic E-state index is 11.2. The molecule has 5 heteroatoms. The van der Waals surface area contributed by atoms with Gasteiger partial charge in [-0.1, -0.05) is 0 Å². The lowest BCUT2D eigenvalue weighted by atomic mass is 9.65. The van der Waals surface area contributed by atoms with Gasteiger partial charge in [0.25, 0.3) is 0 Å². The molecule has 0 bridgehead atoms. The van der Waals surface area contributed by atoms with Crippen LogP contribution >= 0.6 is 0 Å². The Kier molecular flexibility index (Phi) is 2.73. The number of ether oxygens (including phenoxy) is 1. The van der Waals surface area contributed by atoms with Crippen molar-refractivity contribution in [3.05, 3.63) is 23.7 Å². The number of carboxylic acid groups (broad SMARTS) is 1. The van der Waals surface area contributed by atoms with E-state index < -0.39 is 17.5 Å². The predicted molar refractivity (Wildman–Crippen MR) is 54.0 cm³/mol. The number of methoxy groups -OCH3 is 1. The van der Waals surface area contributed by atoms with Gasteiger partial charge in [-0.05, 0) is 25.0 Å². The lowest BCUT2D eigenvalue weighted by molar-refractivity contribution is -0.154. The highest BCUT2D eigenvalue weighted by Crippen LogP contribution is 2.44. The molecule has 0 aliphatic heterocycles. The van der Waals surface area contributed by atoms with E-state index in [1.807, 2.05) is 0 Å². The molecule has 1 heterocycles. The summed E-state index contributed by atoms with van der Waals surface area (Å²) in [7, 11) is 1.54. The van der Waals surface area contributed by atoms with E-state index in [1.54, 1.807) is 19.2 Å². The highest BCUT2D eigenvalue weighted by molar-refractivity contribution is 5.82. The number of hydrogen-bond acceptors (Lipinski definition) is 4. The number of aliphatic carboxylic acids is 1. The van der Waals surface area contributed by atoms with Gasteiger partial charge in [-0.3, -0.25) is 4.79 Å². The van der Waals surface area contributed by atoms with E-state index in [-0.39, 0.29) is 12.8 Å². The van der Waals surface area contributed by atoms with Gasteiger partial charge in [0.15, 0.2) is 0 Å². The van der Waals surface area contributed by atoms with Crippen molar-refractivity contribution in [2.24, 2.45) is 0 Å². The zero-order chi connectivity index (χ0) is 11.8. The summed E-state index contributed by atoms with van der Waals surface area (Å²) < 4.78 is 10.3. The normalized spacial score (nSPS) is 28.8. The van der Waals surface area contributed by atoms with Crippen LogP contribution in [0.3, 0.4) is 0 Å². The van der Waals surface area contributed by atoms with Crippen molar-refractivity contribution in [1.82, 2.24) is 0 Å². The zero-order valence-electron chi connectivity index (χ0n) is 8.97. The Bertz CT molecular complexity index is 389. The molecule has 0 radical (unpaired) electrons. The number of carboxylic acids is 1. The number of aliphatic hydroxyl groups excluding tert-OH is 1. The van der Waals surface area contributed by atoms with Gasteiger partial charge in [0.05, 0.1) is 6.10 Å². The molecule has 0 saturated heterocycles. The molecule has 1 aliphatic carbocycles. The second-order valence-corrected chi connectivity index (χ2v) is 4.15. The van der Waals surface area contributed by atoms with E-state index in [2.05, 4.69) is 0 Å². The topological polar surface area (TPSA) is 79.9 Å². The monoisotopic (exact) mass is 226 g/mol. The van der Waals surface area contributed by atoms with Gasteiger partial charge < -0.3 is 19.4 Å².